The van der Waals surface area contributed by atoms with Gasteiger partial charge in [-0.1, -0.05) is 18.2 Å². The van der Waals surface area contributed by atoms with Gasteiger partial charge in [-0.15, -0.1) is 5.10 Å². The molecule has 9 heteroatoms. The van der Waals surface area contributed by atoms with Crippen molar-refractivity contribution in [3.63, 3.8) is 0 Å². The summed E-state index contributed by atoms with van der Waals surface area (Å²) in [7, 11) is -1.63. The average Bonchev–Trinajstić information content (AvgIpc) is 2.96. The Morgan fingerprint density at radius 2 is 1.85 bits per heavy atom. The zero-order chi connectivity index (χ0) is 19.8. The van der Waals surface area contributed by atoms with Gasteiger partial charge in [0.1, 0.15) is 6.54 Å². The number of likely N-dealkylation sites (N-methyl/N-ethyl adjacent to an activating group) is 1. The molecule has 0 aliphatic heterocycles. The van der Waals surface area contributed by atoms with Gasteiger partial charge in [0.15, 0.2) is 15.5 Å². The first-order valence-electron chi connectivity index (χ1n) is 8.28. The molecule has 0 saturated heterocycles. The summed E-state index contributed by atoms with van der Waals surface area (Å²) in [4.78, 5) is 26.6. The molecule has 1 unspecified atom stereocenters. The van der Waals surface area contributed by atoms with Crippen LogP contribution in [0, 0.1) is 0 Å². The van der Waals surface area contributed by atoms with Gasteiger partial charge in [0.2, 0.25) is 5.91 Å². The molecule has 0 aliphatic carbocycles. The normalized spacial score (nSPS) is 12.9. The topological polar surface area (TPSA) is 93.8 Å². The van der Waals surface area contributed by atoms with Crippen LogP contribution in [0.2, 0.25) is 0 Å². The van der Waals surface area contributed by atoms with Crippen LogP contribution in [0.5, 0.6) is 0 Å². The SMILES string of the molecule is CC(c1ccc(S(C)(=O)=O)cc1)N(C)C(=O)Cn1nc2ccccn2c1=O. The summed E-state index contributed by atoms with van der Waals surface area (Å²) in [6.45, 7) is 1.66. The van der Waals surface area contributed by atoms with Crippen molar-refractivity contribution >= 4 is 21.4 Å². The smallest absolute Gasteiger partial charge is 0.337 e. The Bertz CT molecular complexity index is 1150. The number of hydrogen-bond acceptors (Lipinski definition) is 5. The molecular formula is C18H20N4O4S. The van der Waals surface area contributed by atoms with Crippen molar-refractivity contribution in [2.24, 2.45) is 0 Å². The van der Waals surface area contributed by atoms with Crippen LogP contribution in [-0.2, 0) is 21.2 Å². The molecule has 1 atom stereocenters. The van der Waals surface area contributed by atoms with Crippen LogP contribution < -0.4 is 5.69 Å². The number of rotatable bonds is 5. The highest BCUT2D eigenvalue weighted by atomic mass is 32.2. The average molecular weight is 388 g/mol. The Morgan fingerprint density at radius 1 is 1.19 bits per heavy atom. The highest BCUT2D eigenvalue weighted by Crippen LogP contribution is 2.21. The van der Waals surface area contributed by atoms with E-state index in [4.69, 9.17) is 0 Å². The van der Waals surface area contributed by atoms with E-state index in [2.05, 4.69) is 5.10 Å². The van der Waals surface area contributed by atoms with E-state index in [-0.39, 0.29) is 29.1 Å². The van der Waals surface area contributed by atoms with E-state index in [0.29, 0.717) is 5.65 Å². The van der Waals surface area contributed by atoms with Crippen LogP contribution in [0.1, 0.15) is 18.5 Å². The first-order chi connectivity index (χ1) is 12.7. The second kappa shape index (κ2) is 6.99. The number of nitrogens with zero attached hydrogens (tertiary/aromatic N) is 4. The van der Waals surface area contributed by atoms with Gasteiger partial charge in [0.25, 0.3) is 0 Å². The zero-order valence-electron chi connectivity index (χ0n) is 15.2. The predicted octanol–water partition coefficient (Wildman–Crippen LogP) is 1.12. The summed E-state index contributed by atoms with van der Waals surface area (Å²) in [5.74, 6) is -0.278. The molecule has 0 bridgehead atoms. The Labute approximate surface area is 156 Å². The summed E-state index contributed by atoms with van der Waals surface area (Å²) in [6, 6.07) is 11.3. The molecule has 0 saturated carbocycles. The minimum atomic E-state index is -3.27. The van der Waals surface area contributed by atoms with E-state index in [1.807, 2.05) is 6.92 Å². The third-order valence-electron chi connectivity index (χ3n) is 4.54. The maximum atomic E-state index is 12.6. The van der Waals surface area contributed by atoms with Gasteiger partial charge in [-0.25, -0.2) is 17.9 Å². The molecule has 2 aromatic heterocycles. The van der Waals surface area contributed by atoms with E-state index in [0.717, 1.165) is 16.5 Å². The number of amides is 1. The molecule has 1 aromatic carbocycles. The minimum absolute atomic E-state index is 0.178. The first kappa shape index (κ1) is 18.8. The molecule has 0 fully saturated rings. The van der Waals surface area contributed by atoms with Crippen LogP contribution in [0.25, 0.3) is 5.65 Å². The van der Waals surface area contributed by atoms with Crippen LogP contribution >= 0.6 is 0 Å². The Morgan fingerprint density at radius 3 is 2.44 bits per heavy atom. The van der Waals surface area contributed by atoms with E-state index >= 15 is 0 Å². The fraction of sp³-hybridized carbons (Fsp3) is 0.278. The van der Waals surface area contributed by atoms with Gasteiger partial charge in [-0.05, 0) is 36.8 Å². The second-order valence-electron chi connectivity index (χ2n) is 6.39. The van der Waals surface area contributed by atoms with Gasteiger partial charge in [-0.2, -0.15) is 0 Å². The summed E-state index contributed by atoms with van der Waals surface area (Å²) >= 11 is 0. The highest BCUT2D eigenvalue weighted by molar-refractivity contribution is 7.90. The highest BCUT2D eigenvalue weighted by Gasteiger charge is 2.20. The van der Waals surface area contributed by atoms with E-state index in [9.17, 15) is 18.0 Å². The van der Waals surface area contributed by atoms with Crippen LogP contribution in [0.3, 0.4) is 0 Å². The molecule has 8 nitrogen and oxygen atoms in total. The van der Waals surface area contributed by atoms with Crippen molar-refractivity contribution in [3.8, 4) is 0 Å². The van der Waals surface area contributed by atoms with Crippen molar-refractivity contribution < 1.29 is 13.2 Å². The summed E-state index contributed by atoms with van der Waals surface area (Å²) < 4.78 is 25.6. The van der Waals surface area contributed by atoms with Gasteiger partial charge >= 0.3 is 5.69 Å². The molecule has 27 heavy (non-hydrogen) atoms. The Balaban J connectivity index is 1.78. The molecular weight excluding hydrogens is 368 g/mol. The standard InChI is InChI=1S/C18H20N4O4S/c1-13(14-7-9-15(10-8-14)27(3,25)26)20(2)17(23)12-22-18(24)21-11-5-4-6-16(21)19-22/h4-11,13H,12H2,1-3H3. The van der Waals surface area contributed by atoms with Gasteiger partial charge in [-0.3, -0.25) is 9.20 Å². The monoisotopic (exact) mass is 388 g/mol. The number of hydrogen-bond donors (Lipinski definition) is 0. The summed E-state index contributed by atoms with van der Waals surface area (Å²) in [5.41, 5.74) is 0.889. The Hall–Kier alpha value is -2.94. The van der Waals surface area contributed by atoms with Crippen molar-refractivity contribution in [1.29, 1.82) is 0 Å². The third-order valence-corrected chi connectivity index (χ3v) is 5.67. The lowest BCUT2D eigenvalue weighted by molar-refractivity contribution is -0.132. The number of benzene rings is 1. The molecule has 2 heterocycles. The second-order valence-corrected chi connectivity index (χ2v) is 8.41. The van der Waals surface area contributed by atoms with Gasteiger partial charge in [0.05, 0.1) is 10.9 Å². The van der Waals surface area contributed by atoms with Crippen LogP contribution in [0.15, 0.2) is 58.4 Å². The molecule has 0 N–H and O–H groups in total. The number of pyridine rings is 1. The fourth-order valence-electron chi connectivity index (χ4n) is 2.74. The predicted molar refractivity (Wildman–Crippen MR) is 100 cm³/mol. The Kier molecular flexibility index (Phi) is 4.88. The molecule has 0 radical (unpaired) electrons. The fourth-order valence-corrected chi connectivity index (χ4v) is 3.37. The van der Waals surface area contributed by atoms with Crippen LogP contribution in [-0.4, -0.2) is 46.7 Å². The van der Waals surface area contributed by atoms with E-state index in [1.54, 1.807) is 43.6 Å². The van der Waals surface area contributed by atoms with E-state index in [1.165, 1.54) is 21.4 Å². The molecule has 1 amide bonds. The summed E-state index contributed by atoms with van der Waals surface area (Å²) in [6.07, 6.45) is 2.75. The molecule has 3 rings (SSSR count). The van der Waals surface area contributed by atoms with Crippen LogP contribution in [0.4, 0.5) is 0 Å². The number of aromatic nitrogens is 3. The van der Waals surface area contributed by atoms with Gasteiger partial charge in [0, 0.05) is 19.5 Å². The van der Waals surface area contributed by atoms with Crippen molar-refractivity contribution in [2.75, 3.05) is 13.3 Å². The maximum Gasteiger partial charge on any atom is 0.350 e. The van der Waals surface area contributed by atoms with Crippen molar-refractivity contribution in [2.45, 2.75) is 24.4 Å². The lowest BCUT2D eigenvalue weighted by Crippen LogP contribution is -2.35. The molecule has 0 spiro atoms. The lowest BCUT2D eigenvalue weighted by Gasteiger charge is -2.25. The van der Waals surface area contributed by atoms with Crippen molar-refractivity contribution in [1.82, 2.24) is 19.1 Å². The summed E-state index contributed by atoms with van der Waals surface area (Å²) in [5, 5.41) is 4.16. The minimum Gasteiger partial charge on any atom is -0.337 e. The molecule has 142 valence electrons. The maximum absolute atomic E-state index is 12.6. The zero-order valence-corrected chi connectivity index (χ0v) is 16.0. The number of sulfone groups is 1. The lowest BCUT2D eigenvalue weighted by atomic mass is 10.1. The molecule has 0 aliphatic rings. The number of carbonyl (C=O) groups excluding carboxylic acids is 1. The van der Waals surface area contributed by atoms with Crippen molar-refractivity contribution in [3.05, 3.63) is 64.7 Å². The number of fused-ring (bicyclic) bond motifs is 1. The number of carbonyl (C=O) groups is 1. The van der Waals surface area contributed by atoms with Gasteiger partial charge < -0.3 is 4.90 Å². The quantitative estimate of drug-likeness (QED) is 0.653. The third kappa shape index (κ3) is 3.77. The van der Waals surface area contributed by atoms with E-state index < -0.39 is 9.84 Å². The first-order valence-corrected chi connectivity index (χ1v) is 10.2. The molecule has 3 aromatic rings. The largest absolute Gasteiger partial charge is 0.350 e.